The highest BCUT2D eigenvalue weighted by Crippen LogP contribution is 2.24. The molecule has 0 aliphatic heterocycles. The summed E-state index contributed by atoms with van der Waals surface area (Å²) in [6.07, 6.45) is 2.15. The second kappa shape index (κ2) is 5.14. The summed E-state index contributed by atoms with van der Waals surface area (Å²) in [6.45, 7) is 6.26. The van der Waals surface area contributed by atoms with Gasteiger partial charge >= 0.3 is 16.1 Å². The van der Waals surface area contributed by atoms with Crippen LogP contribution in [0.25, 0.3) is 0 Å². The fourth-order valence-corrected chi connectivity index (χ4v) is 1.97. The van der Waals surface area contributed by atoms with Crippen LogP contribution in [-0.2, 0) is 25.5 Å². The van der Waals surface area contributed by atoms with Gasteiger partial charge in [0.05, 0.1) is 10.7 Å². The van der Waals surface area contributed by atoms with Crippen LogP contribution in [0.2, 0.25) is 0 Å². The van der Waals surface area contributed by atoms with E-state index in [-0.39, 0.29) is 0 Å². The molecule has 1 aromatic rings. The Bertz CT molecular complexity index is 500. The highest BCUT2D eigenvalue weighted by molar-refractivity contribution is 7.87. The quantitative estimate of drug-likeness (QED) is 0.831. The molecule has 0 saturated carbocycles. The van der Waals surface area contributed by atoms with Gasteiger partial charge in [-0.3, -0.25) is 4.79 Å². The molecular weight excluding hydrogens is 254 g/mol. The fourth-order valence-electron chi connectivity index (χ4n) is 1.34. The maximum absolute atomic E-state index is 11.9. The third-order valence-corrected chi connectivity index (χ3v) is 4.15. The summed E-state index contributed by atoms with van der Waals surface area (Å²) in [5.41, 5.74) is -0.0359. The van der Waals surface area contributed by atoms with Crippen LogP contribution in [0.4, 0.5) is 0 Å². The molecule has 0 aromatic carbocycles. The van der Waals surface area contributed by atoms with Gasteiger partial charge < -0.3 is 9.17 Å². The van der Waals surface area contributed by atoms with Crippen molar-refractivity contribution in [2.75, 3.05) is 0 Å². The van der Waals surface area contributed by atoms with Gasteiger partial charge in [-0.25, -0.2) is 0 Å². The Morgan fingerprint density at radius 1 is 1.44 bits per heavy atom. The Morgan fingerprint density at radius 2 is 2.06 bits per heavy atom. The van der Waals surface area contributed by atoms with Crippen LogP contribution in [-0.4, -0.2) is 24.6 Å². The first kappa shape index (κ1) is 14.8. The third kappa shape index (κ3) is 3.60. The zero-order valence-corrected chi connectivity index (χ0v) is 11.9. The van der Waals surface area contributed by atoms with Crippen molar-refractivity contribution in [3.63, 3.8) is 0 Å². The summed E-state index contributed by atoms with van der Waals surface area (Å²) in [5.74, 6) is -0.731. The number of carbonyl (C=O) groups is 1. The van der Waals surface area contributed by atoms with Crippen LogP contribution in [0.3, 0.4) is 0 Å². The van der Waals surface area contributed by atoms with E-state index in [2.05, 4.69) is 9.17 Å². The molecule has 102 valence electrons. The summed E-state index contributed by atoms with van der Waals surface area (Å²) in [5, 5.41) is -0.734. The van der Waals surface area contributed by atoms with Crippen molar-refractivity contribution < 1.29 is 17.4 Å². The van der Waals surface area contributed by atoms with Crippen LogP contribution >= 0.6 is 0 Å². The second-order valence-electron chi connectivity index (χ2n) is 5.17. The van der Waals surface area contributed by atoms with E-state index >= 15 is 0 Å². The van der Waals surface area contributed by atoms with Crippen LogP contribution < -0.4 is 0 Å². The molecule has 0 radical (unpaired) electrons. The zero-order valence-electron chi connectivity index (χ0n) is 11.1. The molecule has 0 saturated heterocycles. The molecular formula is C12H19NO4S. The number of carbonyl (C=O) groups excluding carboxylic acids is 1. The lowest BCUT2D eigenvalue weighted by atomic mass is 9.88. The van der Waals surface area contributed by atoms with Crippen molar-refractivity contribution in [3.8, 4) is 0 Å². The number of nitrogens with one attached hydrogen (secondary N) is 1. The molecule has 0 amide bonds. The highest BCUT2D eigenvalue weighted by atomic mass is 32.2. The van der Waals surface area contributed by atoms with E-state index < -0.39 is 26.8 Å². The first-order chi connectivity index (χ1) is 8.15. The molecule has 0 spiro atoms. The van der Waals surface area contributed by atoms with Gasteiger partial charge in [-0.2, -0.15) is 8.42 Å². The molecule has 0 aliphatic rings. The lowest BCUT2D eigenvalue weighted by molar-refractivity contribution is -0.143. The van der Waals surface area contributed by atoms with Gasteiger partial charge in [0, 0.05) is 18.3 Å². The van der Waals surface area contributed by atoms with Crippen molar-refractivity contribution in [3.05, 3.63) is 24.0 Å². The number of aromatic amines is 1. The minimum absolute atomic E-state index is 0.395. The van der Waals surface area contributed by atoms with Crippen molar-refractivity contribution in [1.29, 1.82) is 0 Å². The SMILES string of the molecule is CC(C)S(=O)(=O)OC(=O)C(C)(C)Cc1ccc[nH]1. The number of H-pyrrole nitrogens is 1. The summed E-state index contributed by atoms with van der Waals surface area (Å²) >= 11 is 0. The minimum atomic E-state index is -3.82. The van der Waals surface area contributed by atoms with Gasteiger partial charge in [0.1, 0.15) is 0 Å². The third-order valence-electron chi connectivity index (χ3n) is 2.62. The number of hydrogen-bond donors (Lipinski definition) is 1. The second-order valence-corrected chi connectivity index (χ2v) is 7.26. The molecule has 0 bridgehead atoms. The molecule has 1 N–H and O–H groups in total. The van der Waals surface area contributed by atoms with Crippen LogP contribution in [0, 0.1) is 5.41 Å². The van der Waals surface area contributed by atoms with Gasteiger partial charge in [0.25, 0.3) is 0 Å². The van der Waals surface area contributed by atoms with Gasteiger partial charge in [0.15, 0.2) is 0 Å². The van der Waals surface area contributed by atoms with E-state index in [1.807, 2.05) is 12.1 Å². The topological polar surface area (TPSA) is 76.2 Å². The van der Waals surface area contributed by atoms with E-state index in [1.54, 1.807) is 20.0 Å². The van der Waals surface area contributed by atoms with E-state index in [1.165, 1.54) is 13.8 Å². The molecule has 6 heteroatoms. The lowest BCUT2D eigenvalue weighted by Gasteiger charge is -2.22. The number of aromatic nitrogens is 1. The Kier molecular flexibility index (Phi) is 4.21. The summed E-state index contributed by atoms with van der Waals surface area (Å²) in [7, 11) is -3.82. The average molecular weight is 273 g/mol. The highest BCUT2D eigenvalue weighted by Gasteiger charge is 2.34. The first-order valence-electron chi connectivity index (χ1n) is 5.75. The molecule has 1 heterocycles. The van der Waals surface area contributed by atoms with Gasteiger partial charge in [0.2, 0.25) is 0 Å². The maximum Gasteiger partial charge on any atom is 0.328 e. The minimum Gasteiger partial charge on any atom is -0.365 e. The standard InChI is InChI=1S/C12H19NO4S/c1-9(2)18(15,16)17-11(14)12(3,4)8-10-6-5-7-13-10/h5-7,9,13H,8H2,1-4H3. The Balaban J connectivity index is 2.77. The van der Waals surface area contributed by atoms with E-state index in [4.69, 9.17) is 0 Å². The van der Waals surface area contributed by atoms with E-state index in [0.29, 0.717) is 6.42 Å². The first-order valence-corrected chi connectivity index (χ1v) is 7.22. The van der Waals surface area contributed by atoms with Crippen LogP contribution in [0.5, 0.6) is 0 Å². The van der Waals surface area contributed by atoms with Crippen molar-refractivity contribution in [1.82, 2.24) is 4.98 Å². The molecule has 0 fully saturated rings. The van der Waals surface area contributed by atoms with Gasteiger partial charge in [-0.1, -0.05) is 0 Å². The smallest absolute Gasteiger partial charge is 0.328 e. The largest absolute Gasteiger partial charge is 0.365 e. The Labute approximate surface area is 108 Å². The molecule has 5 nitrogen and oxygen atoms in total. The predicted molar refractivity (Wildman–Crippen MR) is 68.4 cm³/mol. The summed E-state index contributed by atoms with van der Waals surface area (Å²) < 4.78 is 27.7. The van der Waals surface area contributed by atoms with Crippen LogP contribution in [0.15, 0.2) is 18.3 Å². The maximum atomic E-state index is 11.9. The van der Waals surface area contributed by atoms with Gasteiger partial charge in [-0.05, 0) is 39.8 Å². The normalized spacial score (nSPS) is 12.7. The van der Waals surface area contributed by atoms with E-state index in [0.717, 1.165) is 5.69 Å². The monoisotopic (exact) mass is 273 g/mol. The zero-order chi connectivity index (χ0) is 14.0. The molecule has 1 aromatic heterocycles. The summed E-state index contributed by atoms with van der Waals surface area (Å²) in [6, 6.07) is 3.66. The van der Waals surface area contributed by atoms with Crippen molar-refractivity contribution in [2.45, 2.75) is 39.4 Å². The molecule has 1 rings (SSSR count). The number of hydrogen-bond acceptors (Lipinski definition) is 4. The molecule has 18 heavy (non-hydrogen) atoms. The molecule has 0 aliphatic carbocycles. The molecule has 0 unspecified atom stereocenters. The Morgan fingerprint density at radius 3 is 2.50 bits per heavy atom. The molecule has 0 atom stereocenters. The summed E-state index contributed by atoms with van der Waals surface area (Å²) in [4.78, 5) is 14.9. The fraction of sp³-hybridized carbons (Fsp3) is 0.583. The van der Waals surface area contributed by atoms with Crippen LogP contribution in [0.1, 0.15) is 33.4 Å². The lowest BCUT2D eigenvalue weighted by Crippen LogP contribution is -2.33. The Hall–Kier alpha value is -1.30. The number of rotatable bonds is 5. The van der Waals surface area contributed by atoms with Gasteiger partial charge in [-0.15, -0.1) is 0 Å². The van der Waals surface area contributed by atoms with E-state index in [9.17, 15) is 13.2 Å². The van der Waals surface area contributed by atoms with Crippen molar-refractivity contribution in [2.24, 2.45) is 5.41 Å². The average Bonchev–Trinajstić information content (AvgIpc) is 2.68. The predicted octanol–water partition coefficient (Wildman–Crippen LogP) is 1.86. The van der Waals surface area contributed by atoms with Crippen molar-refractivity contribution >= 4 is 16.1 Å².